The van der Waals surface area contributed by atoms with E-state index in [4.69, 9.17) is 4.74 Å². The monoisotopic (exact) mass is 292 g/mol. The van der Waals surface area contributed by atoms with Crippen LogP contribution >= 0.6 is 0 Å². The molecule has 1 aromatic carbocycles. The van der Waals surface area contributed by atoms with Crippen LogP contribution in [-0.2, 0) is 0 Å². The van der Waals surface area contributed by atoms with Crippen LogP contribution in [0, 0.1) is 13.8 Å². The van der Waals surface area contributed by atoms with Crippen LogP contribution in [0.5, 0.6) is 5.75 Å². The van der Waals surface area contributed by atoms with Gasteiger partial charge in [0.1, 0.15) is 12.4 Å². The fraction of sp³-hybridized carbons (Fsp3) is 0.588. The largest absolute Gasteiger partial charge is 0.491 e. The number of aryl methyl sites for hydroxylation is 2. The number of nitrogens with zero attached hydrogens (tertiary/aromatic N) is 1. The van der Waals surface area contributed by atoms with E-state index in [9.17, 15) is 4.79 Å². The van der Waals surface area contributed by atoms with Gasteiger partial charge in [-0.15, -0.1) is 0 Å². The van der Waals surface area contributed by atoms with Gasteiger partial charge in [0, 0.05) is 13.1 Å². The van der Waals surface area contributed by atoms with Crippen LogP contribution in [0.1, 0.15) is 37.8 Å². The number of urea groups is 1. The average Bonchev–Trinajstić information content (AvgIpc) is 2.45. The number of carbonyl (C=O) groups is 1. The second-order valence-electron chi connectivity index (χ2n) is 5.34. The van der Waals surface area contributed by atoms with Crippen LogP contribution in [0.3, 0.4) is 0 Å². The van der Waals surface area contributed by atoms with Crippen LogP contribution in [-0.4, -0.2) is 37.2 Å². The second-order valence-corrected chi connectivity index (χ2v) is 5.34. The standard InChI is InChI=1S/C17H28N2O2/c1-5-10-19(11-6-2)17(20)18-9-12-21-16-8-7-14(3)13-15(16)4/h7-8,13H,5-6,9-12H2,1-4H3,(H,18,20). The lowest BCUT2D eigenvalue weighted by Gasteiger charge is -2.22. The van der Waals surface area contributed by atoms with Crippen molar-refractivity contribution in [3.63, 3.8) is 0 Å². The lowest BCUT2D eigenvalue weighted by molar-refractivity contribution is 0.194. The first-order chi connectivity index (χ1) is 10.1. The molecule has 0 unspecified atom stereocenters. The fourth-order valence-electron chi connectivity index (χ4n) is 2.25. The molecule has 1 aromatic rings. The van der Waals surface area contributed by atoms with Gasteiger partial charge in [0.25, 0.3) is 0 Å². The summed E-state index contributed by atoms with van der Waals surface area (Å²) in [6, 6.07) is 6.11. The molecule has 0 aliphatic rings. The number of nitrogens with one attached hydrogen (secondary N) is 1. The van der Waals surface area contributed by atoms with Crippen molar-refractivity contribution in [1.29, 1.82) is 0 Å². The van der Waals surface area contributed by atoms with Crippen molar-refractivity contribution < 1.29 is 9.53 Å². The van der Waals surface area contributed by atoms with Gasteiger partial charge in [0.15, 0.2) is 0 Å². The van der Waals surface area contributed by atoms with E-state index in [1.54, 1.807) is 0 Å². The molecule has 2 amide bonds. The number of amides is 2. The number of hydrogen-bond acceptors (Lipinski definition) is 2. The minimum absolute atomic E-state index is 0.00271. The van der Waals surface area contributed by atoms with E-state index in [1.807, 2.05) is 24.0 Å². The molecule has 0 saturated carbocycles. The summed E-state index contributed by atoms with van der Waals surface area (Å²) >= 11 is 0. The first-order valence-corrected chi connectivity index (χ1v) is 7.81. The molecule has 4 heteroatoms. The van der Waals surface area contributed by atoms with Crippen molar-refractivity contribution in [2.45, 2.75) is 40.5 Å². The maximum atomic E-state index is 12.0. The predicted octanol–water partition coefficient (Wildman–Crippen LogP) is 3.51. The topological polar surface area (TPSA) is 41.6 Å². The van der Waals surface area contributed by atoms with Crippen molar-refractivity contribution in [2.24, 2.45) is 0 Å². The average molecular weight is 292 g/mol. The lowest BCUT2D eigenvalue weighted by atomic mass is 10.1. The molecule has 0 fully saturated rings. The minimum atomic E-state index is 0.00271. The highest BCUT2D eigenvalue weighted by Gasteiger charge is 2.10. The zero-order valence-corrected chi connectivity index (χ0v) is 13.7. The Kier molecular flexibility index (Phi) is 7.65. The molecule has 4 nitrogen and oxygen atoms in total. The fourth-order valence-corrected chi connectivity index (χ4v) is 2.25. The number of rotatable bonds is 8. The molecule has 0 aromatic heterocycles. The van der Waals surface area contributed by atoms with Crippen molar-refractivity contribution in [3.8, 4) is 5.75 Å². The van der Waals surface area contributed by atoms with E-state index in [0.717, 1.165) is 37.2 Å². The zero-order valence-electron chi connectivity index (χ0n) is 13.7. The molecule has 1 N–H and O–H groups in total. The molecule has 0 atom stereocenters. The predicted molar refractivity (Wildman–Crippen MR) is 87.0 cm³/mol. The number of ether oxygens (including phenoxy) is 1. The van der Waals surface area contributed by atoms with Crippen LogP contribution in [0.4, 0.5) is 4.79 Å². The lowest BCUT2D eigenvalue weighted by Crippen LogP contribution is -2.42. The summed E-state index contributed by atoms with van der Waals surface area (Å²) < 4.78 is 5.71. The highest BCUT2D eigenvalue weighted by molar-refractivity contribution is 5.74. The molecule has 0 radical (unpaired) electrons. The summed E-state index contributed by atoms with van der Waals surface area (Å²) in [4.78, 5) is 13.9. The molecule has 0 bridgehead atoms. The minimum Gasteiger partial charge on any atom is -0.491 e. The van der Waals surface area contributed by atoms with Gasteiger partial charge in [-0.25, -0.2) is 4.79 Å². The highest BCUT2D eigenvalue weighted by atomic mass is 16.5. The first-order valence-electron chi connectivity index (χ1n) is 7.81. The van der Waals surface area contributed by atoms with Crippen LogP contribution in [0.2, 0.25) is 0 Å². The quantitative estimate of drug-likeness (QED) is 0.745. The van der Waals surface area contributed by atoms with Gasteiger partial charge in [0.2, 0.25) is 0 Å². The third-order valence-electron chi connectivity index (χ3n) is 3.24. The number of carbonyl (C=O) groups excluding carboxylic acids is 1. The third kappa shape index (κ3) is 6.06. The van der Waals surface area contributed by atoms with Gasteiger partial charge in [-0.3, -0.25) is 0 Å². The second kappa shape index (κ2) is 9.27. The summed E-state index contributed by atoms with van der Waals surface area (Å²) in [5.74, 6) is 0.883. The maximum Gasteiger partial charge on any atom is 0.317 e. The van der Waals surface area contributed by atoms with Crippen LogP contribution < -0.4 is 10.1 Å². The van der Waals surface area contributed by atoms with E-state index < -0.39 is 0 Å². The maximum absolute atomic E-state index is 12.0. The Morgan fingerprint density at radius 1 is 1.19 bits per heavy atom. The van der Waals surface area contributed by atoms with Gasteiger partial charge in [-0.1, -0.05) is 31.5 Å². The summed E-state index contributed by atoms with van der Waals surface area (Å²) in [5.41, 5.74) is 2.35. The van der Waals surface area contributed by atoms with Crippen LogP contribution in [0.15, 0.2) is 18.2 Å². The van der Waals surface area contributed by atoms with E-state index in [2.05, 4.69) is 32.2 Å². The molecular weight excluding hydrogens is 264 g/mol. The molecule has 0 spiro atoms. The Balaban J connectivity index is 2.34. The third-order valence-corrected chi connectivity index (χ3v) is 3.24. The smallest absolute Gasteiger partial charge is 0.317 e. The Bertz CT molecular complexity index is 440. The molecule has 1 rings (SSSR count). The number of benzene rings is 1. The Labute approximate surface area is 128 Å². The van der Waals surface area contributed by atoms with Crippen molar-refractivity contribution in [3.05, 3.63) is 29.3 Å². The van der Waals surface area contributed by atoms with Gasteiger partial charge in [-0.05, 0) is 38.3 Å². The summed E-state index contributed by atoms with van der Waals surface area (Å²) in [5, 5.41) is 2.92. The highest BCUT2D eigenvalue weighted by Crippen LogP contribution is 2.18. The SMILES string of the molecule is CCCN(CCC)C(=O)NCCOc1ccc(C)cc1C. The molecule has 0 aliphatic carbocycles. The van der Waals surface area contributed by atoms with E-state index >= 15 is 0 Å². The van der Waals surface area contributed by atoms with Gasteiger partial charge >= 0.3 is 6.03 Å². The summed E-state index contributed by atoms with van der Waals surface area (Å²) in [6.45, 7) is 10.9. The van der Waals surface area contributed by atoms with Gasteiger partial charge in [0.05, 0.1) is 6.54 Å². The molecule has 0 aliphatic heterocycles. The van der Waals surface area contributed by atoms with Crippen molar-refractivity contribution >= 4 is 6.03 Å². The van der Waals surface area contributed by atoms with E-state index in [0.29, 0.717) is 13.2 Å². The van der Waals surface area contributed by atoms with Gasteiger partial charge in [-0.2, -0.15) is 0 Å². The molecule has 0 saturated heterocycles. The molecule has 0 heterocycles. The van der Waals surface area contributed by atoms with E-state index in [-0.39, 0.29) is 6.03 Å². The summed E-state index contributed by atoms with van der Waals surface area (Å²) in [7, 11) is 0. The first kappa shape index (κ1) is 17.3. The van der Waals surface area contributed by atoms with Gasteiger partial charge < -0.3 is 15.0 Å². The van der Waals surface area contributed by atoms with Crippen molar-refractivity contribution in [1.82, 2.24) is 10.2 Å². The normalized spacial score (nSPS) is 10.3. The molecule has 21 heavy (non-hydrogen) atoms. The Hall–Kier alpha value is -1.71. The van der Waals surface area contributed by atoms with E-state index in [1.165, 1.54) is 5.56 Å². The number of hydrogen-bond donors (Lipinski definition) is 1. The molecule has 118 valence electrons. The van der Waals surface area contributed by atoms with Crippen molar-refractivity contribution in [2.75, 3.05) is 26.2 Å². The Morgan fingerprint density at radius 2 is 1.86 bits per heavy atom. The molecular formula is C17H28N2O2. The summed E-state index contributed by atoms with van der Waals surface area (Å²) in [6.07, 6.45) is 1.96. The zero-order chi connectivity index (χ0) is 15.7. The van der Waals surface area contributed by atoms with Crippen LogP contribution in [0.25, 0.3) is 0 Å². The Morgan fingerprint density at radius 3 is 2.43 bits per heavy atom.